The Balaban J connectivity index is 2.07. The van der Waals surface area contributed by atoms with Gasteiger partial charge in [-0.25, -0.2) is 0 Å². The Morgan fingerprint density at radius 3 is 3.09 bits per heavy atom. The molecule has 0 unspecified atom stereocenters. The van der Waals surface area contributed by atoms with Crippen LogP contribution in [0.5, 0.6) is 0 Å². The van der Waals surface area contributed by atoms with Crippen molar-refractivity contribution in [1.29, 1.82) is 0 Å². The summed E-state index contributed by atoms with van der Waals surface area (Å²) < 4.78 is 6.34. The van der Waals surface area contributed by atoms with Crippen molar-refractivity contribution in [1.82, 2.24) is 15.1 Å². The van der Waals surface area contributed by atoms with Crippen LogP contribution in [0.4, 0.5) is 5.69 Å². The normalized spacial score (nSPS) is 13.4. The summed E-state index contributed by atoms with van der Waals surface area (Å²) >= 11 is 0. The van der Waals surface area contributed by atoms with Gasteiger partial charge in [0, 0.05) is 48.5 Å². The van der Waals surface area contributed by atoms with Crippen LogP contribution in [0.1, 0.15) is 11.3 Å². The summed E-state index contributed by atoms with van der Waals surface area (Å²) in [7, 11) is 1.33. The Bertz CT molecular complexity index is 769. The molecule has 23 heavy (non-hydrogen) atoms. The minimum absolute atomic E-state index is 0.0162. The van der Waals surface area contributed by atoms with Gasteiger partial charge in [-0.3, -0.25) is 19.6 Å². The molecule has 3 rings (SSSR count). The highest BCUT2D eigenvalue weighted by molar-refractivity contribution is 5.71. The van der Waals surface area contributed by atoms with Gasteiger partial charge in [-0.15, -0.1) is 0 Å². The lowest BCUT2D eigenvalue weighted by atomic mass is 10.0. The first-order chi connectivity index (χ1) is 11.1. The third-order valence-corrected chi connectivity index (χ3v) is 3.84. The lowest BCUT2D eigenvalue weighted by Crippen LogP contribution is -2.26. The highest BCUT2D eigenvalue weighted by atomic mass is 16.6. The third kappa shape index (κ3) is 2.93. The number of nitro groups is 1. The number of nitrogens with zero attached hydrogens (tertiary/aromatic N) is 3. The van der Waals surface area contributed by atoms with Crippen LogP contribution in [-0.2, 0) is 29.0 Å². The summed E-state index contributed by atoms with van der Waals surface area (Å²) in [6.07, 6.45) is 0.744. The first-order valence-corrected chi connectivity index (χ1v) is 7.21. The molecule has 2 aromatic rings. The van der Waals surface area contributed by atoms with Crippen molar-refractivity contribution in [2.24, 2.45) is 0 Å². The highest BCUT2D eigenvalue weighted by Gasteiger charge is 2.23. The zero-order valence-corrected chi connectivity index (χ0v) is 12.6. The predicted octanol–water partition coefficient (Wildman–Crippen LogP) is 1.28. The first kappa shape index (κ1) is 15.2. The molecule has 1 aromatic heterocycles. The summed E-state index contributed by atoms with van der Waals surface area (Å²) in [5.74, 6) is -0.376. The van der Waals surface area contributed by atoms with Gasteiger partial charge >= 0.3 is 5.97 Å². The summed E-state index contributed by atoms with van der Waals surface area (Å²) in [4.78, 5) is 22.1. The molecule has 1 aliphatic heterocycles. The van der Waals surface area contributed by atoms with Gasteiger partial charge in [0.15, 0.2) is 0 Å². The number of benzene rings is 1. The molecule has 0 aliphatic carbocycles. The molecule has 0 radical (unpaired) electrons. The summed E-state index contributed by atoms with van der Waals surface area (Å²) in [6.45, 7) is 1.45. The monoisotopic (exact) mass is 316 g/mol. The number of aromatic nitrogens is 2. The number of nitro benzene ring substituents is 1. The lowest BCUT2D eigenvalue weighted by molar-refractivity contribution is -0.384. The molecule has 120 valence electrons. The van der Waals surface area contributed by atoms with E-state index in [0.29, 0.717) is 17.8 Å². The number of fused-ring (bicyclic) bond motifs is 1. The molecule has 0 saturated heterocycles. The minimum atomic E-state index is -0.431. The number of esters is 1. The number of carbonyl (C=O) groups excluding carboxylic acids is 1. The number of hydrogen-bond donors (Lipinski definition) is 1. The topological polar surface area (TPSA) is 99.3 Å². The lowest BCUT2D eigenvalue weighted by Gasteiger charge is -2.15. The van der Waals surface area contributed by atoms with Crippen LogP contribution in [0.25, 0.3) is 11.3 Å². The zero-order chi connectivity index (χ0) is 16.4. The number of carbonyl (C=O) groups is 1. The molecule has 0 bridgehead atoms. The molecule has 8 nitrogen and oxygen atoms in total. The Morgan fingerprint density at radius 2 is 2.35 bits per heavy atom. The number of methoxy groups -OCH3 is 1. The van der Waals surface area contributed by atoms with Crippen molar-refractivity contribution in [2.75, 3.05) is 13.7 Å². The number of hydrogen-bond acceptors (Lipinski definition) is 6. The van der Waals surface area contributed by atoms with E-state index in [1.807, 2.05) is 0 Å². The number of rotatable bonds is 4. The smallest absolute Gasteiger partial charge is 0.327 e. The van der Waals surface area contributed by atoms with Gasteiger partial charge < -0.3 is 10.1 Å². The Hall–Kier alpha value is -2.74. The molecule has 1 aromatic carbocycles. The van der Waals surface area contributed by atoms with Crippen LogP contribution in [0.3, 0.4) is 0 Å². The number of non-ortho nitro benzene ring substituents is 1. The molecule has 0 spiro atoms. The second kappa shape index (κ2) is 6.17. The fourth-order valence-corrected chi connectivity index (χ4v) is 2.74. The van der Waals surface area contributed by atoms with Gasteiger partial charge in [0.05, 0.1) is 17.7 Å². The Kier molecular flexibility index (Phi) is 4.07. The van der Waals surface area contributed by atoms with Crippen molar-refractivity contribution in [3.8, 4) is 11.3 Å². The fraction of sp³-hybridized carbons (Fsp3) is 0.333. The van der Waals surface area contributed by atoms with Gasteiger partial charge in [0.25, 0.3) is 5.69 Å². The maximum Gasteiger partial charge on any atom is 0.327 e. The van der Waals surface area contributed by atoms with Crippen molar-refractivity contribution in [3.05, 3.63) is 45.6 Å². The van der Waals surface area contributed by atoms with E-state index < -0.39 is 4.92 Å². The van der Waals surface area contributed by atoms with E-state index in [0.717, 1.165) is 24.2 Å². The van der Waals surface area contributed by atoms with Gasteiger partial charge in [-0.1, -0.05) is 12.1 Å². The predicted molar refractivity (Wildman–Crippen MR) is 81.7 cm³/mol. The molecule has 8 heteroatoms. The molecule has 2 heterocycles. The zero-order valence-electron chi connectivity index (χ0n) is 12.6. The maximum absolute atomic E-state index is 11.6. The van der Waals surface area contributed by atoms with Crippen LogP contribution in [0.15, 0.2) is 24.3 Å². The van der Waals surface area contributed by atoms with Crippen LogP contribution < -0.4 is 5.32 Å². The standard InChI is InChI=1S/C15H16N4O4/c1-23-14(20)9-18-13-5-6-16-8-12(13)15(17-18)10-3-2-4-11(7-10)19(21)22/h2-4,7,16H,5-6,8-9H2,1H3. The second-order valence-electron chi connectivity index (χ2n) is 5.24. The van der Waals surface area contributed by atoms with Gasteiger partial charge in [0.1, 0.15) is 6.54 Å². The second-order valence-corrected chi connectivity index (χ2v) is 5.24. The van der Waals surface area contributed by atoms with Crippen LogP contribution in [0, 0.1) is 10.1 Å². The average Bonchev–Trinajstić information content (AvgIpc) is 2.93. The average molecular weight is 316 g/mol. The van der Waals surface area contributed by atoms with E-state index in [1.54, 1.807) is 16.8 Å². The van der Waals surface area contributed by atoms with Crippen LogP contribution >= 0.6 is 0 Å². The van der Waals surface area contributed by atoms with E-state index in [1.165, 1.54) is 19.2 Å². The molecule has 0 fully saturated rings. The third-order valence-electron chi connectivity index (χ3n) is 3.84. The van der Waals surface area contributed by atoms with Gasteiger partial charge in [0.2, 0.25) is 0 Å². The molecule has 0 saturated carbocycles. The molecule has 0 atom stereocenters. The quantitative estimate of drug-likeness (QED) is 0.518. The number of nitrogens with one attached hydrogen (secondary N) is 1. The van der Waals surface area contributed by atoms with Crippen molar-refractivity contribution in [2.45, 2.75) is 19.5 Å². The highest BCUT2D eigenvalue weighted by Crippen LogP contribution is 2.29. The minimum Gasteiger partial charge on any atom is -0.468 e. The van der Waals surface area contributed by atoms with Crippen molar-refractivity contribution in [3.63, 3.8) is 0 Å². The molecular weight excluding hydrogens is 300 g/mol. The van der Waals surface area contributed by atoms with Crippen molar-refractivity contribution >= 4 is 11.7 Å². The van der Waals surface area contributed by atoms with Gasteiger partial charge in [-0.05, 0) is 0 Å². The van der Waals surface area contributed by atoms with E-state index in [2.05, 4.69) is 10.4 Å². The molecule has 0 amide bonds. The number of ether oxygens (including phenoxy) is 1. The van der Waals surface area contributed by atoms with Gasteiger partial charge in [-0.2, -0.15) is 5.10 Å². The summed E-state index contributed by atoms with van der Waals surface area (Å²) in [5.41, 5.74) is 3.29. The maximum atomic E-state index is 11.6. The van der Waals surface area contributed by atoms with E-state index in [-0.39, 0.29) is 18.2 Å². The largest absolute Gasteiger partial charge is 0.468 e. The van der Waals surface area contributed by atoms with Crippen LogP contribution in [-0.4, -0.2) is 34.3 Å². The molecular formula is C15H16N4O4. The van der Waals surface area contributed by atoms with E-state index >= 15 is 0 Å². The Labute approximate surface area is 132 Å². The summed E-state index contributed by atoms with van der Waals surface area (Å²) in [6, 6.07) is 6.36. The fourth-order valence-electron chi connectivity index (χ4n) is 2.74. The SMILES string of the molecule is COC(=O)Cn1nc(-c2cccc([N+](=O)[O-])c2)c2c1CCNC2. The van der Waals surface area contributed by atoms with Crippen molar-refractivity contribution < 1.29 is 14.5 Å². The first-order valence-electron chi connectivity index (χ1n) is 7.21. The van der Waals surface area contributed by atoms with Crippen LogP contribution in [0.2, 0.25) is 0 Å². The molecule has 1 N–H and O–H groups in total. The Morgan fingerprint density at radius 1 is 1.52 bits per heavy atom. The molecule has 1 aliphatic rings. The summed E-state index contributed by atoms with van der Waals surface area (Å²) in [5, 5.41) is 18.7. The van der Waals surface area contributed by atoms with E-state index in [4.69, 9.17) is 4.74 Å². The van der Waals surface area contributed by atoms with E-state index in [9.17, 15) is 14.9 Å².